The number of pyridine rings is 1. The summed E-state index contributed by atoms with van der Waals surface area (Å²) in [7, 11) is 0. The van der Waals surface area contributed by atoms with Crippen LogP contribution in [0.15, 0.2) is 71.5 Å². The molecule has 0 aliphatic carbocycles. The van der Waals surface area contributed by atoms with Crippen LogP contribution in [0.3, 0.4) is 0 Å². The molecular formula is C32H32N6O5. The second-order valence-electron chi connectivity index (χ2n) is 10.7. The fraction of sp³-hybridized carbons (Fsp3) is 0.312. The maximum Gasteiger partial charge on any atom is 0.252 e. The van der Waals surface area contributed by atoms with Gasteiger partial charge in [-0.1, -0.05) is 43.3 Å². The largest absolute Gasteiger partial charge is 0.486 e. The Labute approximate surface area is 248 Å². The summed E-state index contributed by atoms with van der Waals surface area (Å²) in [5.41, 5.74) is 3.43. The lowest BCUT2D eigenvalue weighted by Gasteiger charge is -2.30. The van der Waals surface area contributed by atoms with Gasteiger partial charge in [-0.2, -0.15) is 0 Å². The van der Waals surface area contributed by atoms with E-state index < -0.39 is 0 Å². The van der Waals surface area contributed by atoms with E-state index in [0.717, 1.165) is 35.4 Å². The highest BCUT2D eigenvalue weighted by Crippen LogP contribution is 2.36. The predicted octanol–water partition coefficient (Wildman–Crippen LogP) is 4.41. The summed E-state index contributed by atoms with van der Waals surface area (Å²) in [6.07, 6.45) is 1.54. The number of nitrogens with one attached hydrogen (secondary N) is 1. The van der Waals surface area contributed by atoms with E-state index in [1.165, 1.54) is 5.56 Å². The predicted molar refractivity (Wildman–Crippen MR) is 158 cm³/mol. The van der Waals surface area contributed by atoms with Gasteiger partial charge in [0.2, 0.25) is 6.79 Å². The molecule has 1 atom stereocenters. The molecule has 3 aromatic carbocycles. The number of benzene rings is 3. The maximum atomic E-state index is 13.4. The normalized spacial score (nSPS) is 14.4. The topological polar surface area (TPSA) is 117 Å². The highest BCUT2D eigenvalue weighted by Gasteiger charge is 2.27. The minimum absolute atomic E-state index is 0.154. The minimum atomic E-state index is -0.161. The molecule has 2 aliphatic heterocycles. The van der Waals surface area contributed by atoms with Crippen molar-refractivity contribution in [2.45, 2.75) is 45.4 Å². The van der Waals surface area contributed by atoms with Crippen LogP contribution in [0, 0.1) is 0 Å². The first-order chi connectivity index (χ1) is 21.1. The molecule has 0 fully saturated rings. The lowest BCUT2D eigenvalue weighted by molar-refractivity contribution is 0.160. The van der Waals surface area contributed by atoms with E-state index in [-0.39, 0.29) is 18.4 Å². The van der Waals surface area contributed by atoms with Crippen molar-refractivity contribution in [2.75, 3.05) is 20.0 Å². The lowest BCUT2D eigenvalue weighted by atomic mass is 10.1. The molecule has 0 bridgehead atoms. The molecule has 7 rings (SSSR count). The van der Waals surface area contributed by atoms with E-state index in [1.807, 2.05) is 59.3 Å². The van der Waals surface area contributed by atoms with Crippen molar-refractivity contribution in [3.05, 3.63) is 99.6 Å². The van der Waals surface area contributed by atoms with Crippen LogP contribution in [0.1, 0.15) is 41.9 Å². The summed E-state index contributed by atoms with van der Waals surface area (Å²) < 4.78 is 24.6. The third-order valence-corrected chi connectivity index (χ3v) is 7.92. The van der Waals surface area contributed by atoms with E-state index in [1.54, 1.807) is 0 Å². The molecule has 43 heavy (non-hydrogen) atoms. The number of tetrazole rings is 1. The fourth-order valence-electron chi connectivity index (χ4n) is 5.77. The molecule has 2 aliphatic rings. The molecular weight excluding hydrogens is 548 g/mol. The van der Waals surface area contributed by atoms with E-state index >= 15 is 0 Å². The zero-order chi connectivity index (χ0) is 29.2. The molecule has 2 aromatic heterocycles. The summed E-state index contributed by atoms with van der Waals surface area (Å²) in [6, 6.07) is 21.8. The summed E-state index contributed by atoms with van der Waals surface area (Å²) in [6.45, 7) is 4.86. The number of H-pyrrole nitrogens is 1. The number of aromatic nitrogens is 5. The average molecular weight is 581 g/mol. The SMILES string of the molecule is CCC(c1nnnn1CCc1ccccc1)N(Cc1ccc2c(c1)OCO2)Cc1cc2cc3c(cc2[nH]c1=O)OCCO3. The minimum Gasteiger partial charge on any atom is -0.486 e. The first kappa shape index (κ1) is 27.0. The van der Waals surface area contributed by atoms with Gasteiger partial charge in [-0.15, -0.1) is 5.10 Å². The molecule has 0 spiro atoms. The third kappa shape index (κ3) is 5.63. The Morgan fingerprint density at radius 2 is 1.67 bits per heavy atom. The van der Waals surface area contributed by atoms with Crippen molar-refractivity contribution < 1.29 is 18.9 Å². The molecule has 1 unspecified atom stereocenters. The molecule has 0 radical (unpaired) electrons. The summed E-state index contributed by atoms with van der Waals surface area (Å²) in [5, 5.41) is 13.8. The zero-order valence-corrected chi connectivity index (χ0v) is 23.9. The van der Waals surface area contributed by atoms with Crippen LogP contribution in [-0.4, -0.2) is 50.1 Å². The van der Waals surface area contributed by atoms with Gasteiger partial charge in [0.25, 0.3) is 5.56 Å². The number of nitrogens with zero attached hydrogens (tertiary/aromatic N) is 5. The van der Waals surface area contributed by atoms with E-state index in [9.17, 15) is 4.79 Å². The van der Waals surface area contributed by atoms with Gasteiger partial charge >= 0.3 is 0 Å². The number of hydrogen-bond acceptors (Lipinski definition) is 9. The van der Waals surface area contributed by atoms with Gasteiger partial charge < -0.3 is 23.9 Å². The van der Waals surface area contributed by atoms with E-state index in [0.29, 0.717) is 61.2 Å². The van der Waals surface area contributed by atoms with Crippen molar-refractivity contribution in [3.63, 3.8) is 0 Å². The first-order valence-corrected chi connectivity index (χ1v) is 14.5. The quantitative estimate of drug-likeness (QED) is 0.256. The third-order valence-electron chi connectivity index (χ3n) is 7.92. The van der Waals surface area contributed by atoms with Crippen LogP contribution in [0.4, 0.5) is 0 Å². The highest BCUT2D eigenvalue weighted by molar-refractivity contribution is 5.83. The molecule has 0 saturated heterocycles. The van der Waals surface area contributed by atoms with Crippen molar-refractivity contribution in [1.29, 1.82) is 0 Å². The van der Waals surface area contributed by atoms with Crippen LogP contribution in [0.5, 0.6) is 23.0 Å². The Kier molecular flexibility index (Phi) is 7.38. The van der Waals surface area contributed by atoms with Gasteiger partial charge in [-0.25, -0.2) is 4.68 Å². The Hall–Kier alpha value is -4.90. The molecule has 5 aromatic rings. The zero-order valence-electron chi connectivity index (χ0n) is 23.9. The lowest BCUT2D eigenvalue weighted by Crippen LogP contribution is -2.32. The molecule has 0 saturated carbocycles. The molecule has 220 valence electrons. The van der Waals surface area contributed by atoms with E-state index in [2.05, 4.69) is 44.5 Å². The molecule has 0 amide bonds. The van der Waals surface area contributed by atoms with Gasteiger partial charge in [0.05, 0.1) is 11.6 Å². The van der Waals surface area contributed by atoms with Gasteiger partial charge in [0.15, 0.2) is 28.8 Å². The van der Waals surface area contributed by atoms with Crippen molar-refractivity contribution in [3.8, 4) is 23.0 Å². The van der Waals surface area contributed by atoms with Gasteiger partial charge in [-0.3, -0.25) is 9.69 Å². The van der Waals surface area contributed by atoms with Gasteiger partial charge in [0, 0.05) is 36.7 Å². The Morgan fingerprint density at radius 1 is 0.884 bits per heavy atom. The number of fused-ring (bicyclic) bond motifs is 3. The molecule has 4 heterocycles. The van der Waals surface area contributed by atoms with Crippen LogP contribution in [0.25, 0.3) is 10.9 Å². The maximum absolute atomic E-state index is 13.4. The monoisotopic (exact) mass is 580 g/mol. The number of hydrogen-bond donors (Lipinski definition) is 1. The van der Waals surface area contributed by atoms with Gasteiger partial charge in [-0.05, 0) is 58.7 Å². The van der Waals surface area contributed by atoms with Crippen molar-refractivity contribution >= 4 is 10.9 Å². The van der Waals surface area contributed by atoms with Crippen LogP contribution in [-0.2, 0) is 26.1 Å². The van der Waals surface area contributed by atoms with Crippen LogP contribution >= 0.6 is 0 Å². The van der Waals surface area contributed by atoms with Crippen LogP contribution < -0.4 is 24.5 Å². The smallest absolute Gasteiger partial charge is 0.252 e. The molecule has 1 N–H and O–H groups in total. The van der Waals surface area contributed by atoms with Crippen molar-refractivity contribution in [2.24, 2.45) is 0 Å². The molecule has 11 heteroatoms. The second-order valence-corrected chi connectivity index (χ2v) is 10.7. The fourth-order valence-corrected chi connectivity index (χ4v) is 5.77. The number of rotatable bonds is 10. The summed E-state index contributed by atoms with van der Waals surface area (Å²) in [4.78, 5) is 18.7. The average Bonchev–Trinajstić information content (AvgIpc) is 3.70. The van der Waals surface area contributed by atoms with E-state index in [4.69, 9.17) is 18.9 Å². The Morgan fingerprint density at radius 3 is 2.51 bits per heavy atom. The summed E-state index contributed by atoms with van der Waals surface area (Å²) >= 11 is 0. The highest BCUT2D eigenvalue weighted by atomic mass is 16.7. The number of ether oxygens (including phenoxy) is 4. The molecule has 11 nitrogen and oxygen atoms in total. The van der Waals surface area contributed by atoms with Crippen molar-refractivity contribution in [1.82, 2.24) is 30.1 Å². The first-order valence-electron chi connectivity index (χ1n) is 14.5. The number of aromatic amines is 1. The Bertz CT molecular complexity index is 1800. The second kappa shape index (κ2) is 11.8. The number of aryl methyl sites for hydroxylation is 2. The summed E-state index contributed by atoms with van der Waals surface area (Å²) in [5.74, 6) is 3.52. The Balaban J connectivity index is 1.23. The standard InChI is InChI=1S/C32H32N6O5/c1-2-26(31-34-35-36-38(31)11-10-21-6-4-3-5-7-21)37(18-22-8-9-27-28(14-22)43-20-42-27)19-24-15-23-16-29-30(41-13-12-40-29)17-25(23)33-32(24)39/h3-9,14-17,26H,2,10-13,18-20H2,1H3,(H,33,39). The van der Waals surface area contributed by atoms with Gasteiger partial charge in [0.1, 0.15) is 13.2 Å². The van der Waals surface area contributed by atoms with Crippen LogP contribution in [0.2, 0.25) is 0 Å².